The average Bonchev–Trinajstić information content (AvgIpc) is 3.36. The van der Waals surface area contributed by atoms with E-state index in [1.807, 2.05) is 47.8 Å². The van der Waals surface area contributed by atoms with Gasteiger partial charge in [-0.25, -0.2) is 14.5 Å². The summed E-state index contributed by atoms with van der Waals surface area (Å²) in [6.07, 6.45) is 0.0833. The Morgan fingerprint density at radius 1 is 1.07 bits per heavy atom. The van der Waals surface area contributed by atoms with E-state index in [1.54, 1.807) is 25.5 Å². The van der Waals surface area contributed by atoms with Crippen LogP contribution in [0.2, 0.25) is 0 Å². The van der Waals surface area contributed by atoms with Crippen LogP contribution in [0.15, 0.2) is 47.8 Å². The molecule has 0 unspecified atom stereocenters. The lowest BCUT2D eigenvalue weighted by Gasteiger charge is -2.19. The van der Waals surface area contributed by atoms with E-state index in [0.29, 0.717) is 25.3 Å². The summed E-state index contributed by atoms with van der Waals surface area (Å²) in [5.74, 6) is 0.357. The summed E-state index contributed by atoms with van der Waals surface area (Å²) in [4.78, 5) is 29.5. The Kier molecular flexibility index (Phi) is 6.83. The molecule has 0 bridgehead atoms. The van der Waals surface area contributed by atoms with Crippen LogP contribution in [0.3, 0.4) is 0 Å². The molecule has 0 spiro atoms. The van der Waals surface area contributed by atoms with Gasteiger partial charge in [0.15, 0.2) is 5.82 Å². The van der Waals surface area contributed by atoms with Crippen LogP contribution in [0.4, 0.5) is 4.79 Å². The second-order valence-corrected chi connectivity index (χ2v) is 8.47. The second-order valence-electron chi connectivity index (χ2n) is 7.52. The van der Waals surface area contributed by atoms with E-state index in [9.17, 15) is 9.59 Å². The van der Waals surface area contributed by atoms with Crippen LogP contribution in [0.25, 0.3) is 16.4 Å². The third-order valence-corrected chi connectivity index (χ3v) is 4.73. The van der Waals surface area contributed by atoms with Gasteiger partial charge in [-0.15, -0.1) is 16.4 Å². The molecule has 2 heterocycles. The van der Waals surface area contributed by atoms with Gasteiger partial charge in [-0.1, -0.05) is 24.3 Å². The number of aromatic nitrogens is 3. The van der Waals surface area contributed by atoms with Gasteiger partial charge in [-0.2, -0.15) is 0 Å². The molecule has 3 aromatic rings. The molecule has 0 aliphatic heterocycles. The summed E-state index contributed by atoms with van der Waals surface area (Å²) in [5.41, 5.74) is 0.288. The van der Waals surface area contributed by atoms with Gasteiger partial charge < -0.3 is 15.4 Å². The molecule has 3 rings (SSSR count). The average molecular weight is 428 g/mol. The molecule has 0 saturated carbocycles. The number of nitrogens with zero attached hydrogens (tertiary/aromatic N) is 3. The van der Waals surface area contributed by atoms with Gasteiger partial charge in [0.05, 0.1) is 10.6 Å². The van der Waals surface area contributed by atoms with Crippen molar-refractivity contribution in [3.05, 3.63) is 53.7 Å². The summed E-state index contributed by atoms with van der Waals surface area (Å²) in [6, 6.07) is 13.4. The van der Waals surface area contributed by atoms with Crippen molar-refractivity contribution in [1.82, 2.24) is 25.4 Å². The summed E-state index contributed by atoms with van der Waals surface area (Å²) >= 11 is 1.53. The zero-order valence-electron chi connectivity index (χ0n) is 17.2. The number of hydrogen-bond acceptors (Lipinski definition) is 6. The number of para-hydroxylation sites is 1. The van der Waals surface area contributed by atoms with Crippen molar-refractivity contribution < 1.29 is 14.3 Å². The first-order valence-corrected chi connectivity index (χ1v) is 10.5. The predicted molar refractivity (Wildman–Crippen MR) is 116 cm³/mol. The lowest BCUT2D eigenvalue weighted by molar-refractivity contribution is 0.0527. The first-order chi connectivity index (χ1) is 14.3. The topological polar surface area (TPSA) is 98.1 Å². The maximum absolute atomic E-state index is 12.5. The van der Waals surface area contributed by atoms with Crippen molar-refractivity contribution in [2.45, 2.75) is 32.8 Å². The molecule has 2 aromatic heterocycles. The molecule has 0 aliphatic carbocycles. The van der Waals surface area contributed by atoms with Crippen molar-refractivity contribution in [2.75, 3.05) is 13.1 Å². The number of ether oxygens (including phenoxy) is 1. The zero-order chi connectivity index (χ0) is 21.6. The number of carbonyl (C=O) groups is 2. The van der Waals surface area contributed by atoms with Gasteiger partial charge in [-0.3, -0.25) is 4.79 Å². The van der Waals surface area contributed by atoms with E-state index >= 15 is 0 Å². The number of nitrogens with one attached hydrogen (secondary N) is 2. The highest BCUT2D eigenvalue weighted by Gasteiger charge is 2.19. The number of thiophene rings is 1. The minimum absolute atomic E-state index is 0.0994. The number of alkyl carbamates (subject to hydrolysis) is 1. The van der Waals surface area contributed by atoms with Gasteiger partial charge in [0.1, 0.15) is 5.60 Å². The fraction of sp³-hybridized carbons (Fsp3) is 0.333. The summed E-state index contributed by atoms with van der Waals surface area (Å²) in [7, 11) is 0. The monoisotopic (exact) mass is 427 g/mol. The van der Waals surface area contributed by atoms with Crippen molar-refractivity contribution in [3.8, 4) is 16.4 Å². The van der Waals surface area contributed by atoms with E-state index < -0.39 is 11.7 Å². The van der Waals surface area contributed by atoms with Gasteiger partial charge in [0.25, 0.3) is 5.91 Å². The number of benzene rings is 1. The van der Waals surface area contributed by atoms with Gasteiger partial charge in [-0.05, 0) is 50.8 Å². The third-order valence-electron chi connectivity index (χ3n) is 3.86. The van der Waals surface area contributed by atoms with Crippen molar-refractivity contribution in [3.63, 3.8) is 0 Å². The van der Waals surface area contributed by atoms with E-state index in [4.69, 9.17) is 4.74 Å². The van der Waals surface area contributed by atoms with Crippen molar-refractivity contribution in [2.24, 2.45) is 0 Å². The summed E-state index contributed by atoms with van der Waals surface area (Å²) < 4.78 is 6.84. The normalized spacial score (nSPS) is 11.2. The minimum Gasteiger partial charge on any atom is -0.444 e. The Balaban J connectivity index is 1.59. The van der Waals surface area contributed by atoms with Crippen LogP contribution in [0.5, 0.6) is 0 Å². The lowest BCUT2D eigenvalue weighted by atomic mass is 10.2. The Morgan fingerprint density at radius 2 is 1.80 bits per heavy atom. The van der Waals surface area contributed by atoms with Crippen LogP contribution in [0.1, 0.15) is 37.8 Å². The highest BCUT2D eigenvalue weighted by Crippen LogP contribution is 2.25. The molecule has 1 aromatic carbocycles. The molecule has 0 radical (unpaired) electrons. The Bertz CT molecular complexity index is 978. The smallest absolute Gasteiger partial charge is 0.407 e. The van der Waals surface area contributed by atoms with Crippen molar-refractivity contribution in [1.29, 1.82) is 0 Å². The molecular weight excluding hydrogens is 402 g/mol. The molecular formula is C21H25N5O3S. The second kappa shape index (κ2) is 9.53. The highest BCUT2D eigenvalue weighted by molar-refractivity contribution is 7.13. The van der Waals surface area contributed by atoms with E-state index in [2.05, 4.69) is 20.7 Å². The number of carbonyl (C=O) groups excluding carboxylic acids is 2. The first-order valence-electron chi connectivity index (χ1n) is 9.65. The lowest BCUT2D eigenvalue weighted by Crippen LogP contribution is -2.34. The first kappa shape index (κ1) is 21.5. The fourth-order valence-corrected chi connectivity index (χ4v) is 3.30. The SMILES string of the molecule is CC(C)(C)OC(=O)NCCCNC(=O)c1nc(-c2cccs2)n(-c2ccccc2)n1. The quantitative estimate of drug-likeness (QED) is 0.561. The van der Waals surface area contributed by atoms with E-state index in [0.717, 1.165) is 10.6 Å². The predicted octanol–water partition coefficient (Wildman–Crippen LogP) is 3.64. The van der Waals surface area contributed by atoms with Crippen LogP contribution in [-0.4, -0.2) is 45.5 Å². The van der Waals surface area contributed by atoms with Gasteiger partial charge >= 0.3 is 6.09 Å². The van der Waals surface area contributed by atoms with Crippen LogP contribution >= 0.6 is 11.3 Å². The highest BCUT2D eigenvalue weighted by atomic mass is 32.1. The molecule has 0 saturated heterocycles. The Labute approximate surface area is 179 Å². The standard InChI is InChI=1S/C21H25N5O3S/c1-21(2,3)29-20(28)23-13-8-12-22-19(27)17-24-18(16-11-7-14-30-16)26(25-17)15-9-5-4-6-10-15/h4-7,9-11,14H,8,12-13H2,1-3H3,(H,22,27)(H,23,28). The maximum atomic E-state index is 12.5. The van der Waals surface area contributed by atoms with E-state index in [-0.39, 0.29) is 11.7 Å². The molecule has 0 aliphatic rings. The maximum Gasteiger partial charge on any atom is 0.407 e. The Hall–Kier alpha value is -3.20. The zero-order valence-corrected chi connectivity index (χ0v) is 18.0. The Morgan fingerprint density at radius 3 is 2.47 bits per heavy atom. The summed E-state index contributed by atoms with van der Waals surface area (Å²) in [5, 5.41) is 11.8. The van der Waals surface area contributed by atoms with Crippen LogP contribution in [-0.2, 0) is 4.74 Å². The van der Waals surface area contributed by atoms with Crippen molar-refractivity contribution >= 4 is 23.3 Å². The van der Waals surface area contributed by atoms with Crippen LogP contribution < -0.4 is 10.6 Å². The molecule has 9 heteroatoms. The van der Waals surface area contributed by atoms with Gasteiger partial charge in [0.2, 0.25) is 5.82 Å². The largest absolute Gasteiger partial charge is 0.444 e. The molecule has 2 amide bonds. The molecule has 2 N–H and O–H groups in total. The third kappa shape index (κ3) is 5.90. The number of amides is 2. The van der Waals surface area contributed by atoms with Crippen LogP contribution in [0, 0.1) is 0 Å². The van der Waals surface area contributed by atoms with Gasteiger partial charge in [0, 0.05) is 13.1 Å². The molecule has 158 valence electrons. The molecule has 0 atom stereocenters. The fourth-order valence-electron chi connectivity index (χ4n) is 2.60. The minimum atomic E-state index is -0.540. The summed E-state index contributed by atoms with van der Waals surface area (Å²) in [6.45, 7) is 6.18. The molecule has 0 fully saturated rings. The van der Waals surface area contributed by atoms with E-state index in [1.165, 1.54) is 11.3 Å². The molecule has 8 nitrogen and oxygen atoms in total. The molecule has 30 heavy (non-hydrogen) atoms. The number of rotatable bonds is 7. The number of hydrogen-bond donors (Lipinski definition) is 2.